The van der Waals surface area contributed by atoms with E-state index in [4.69, 9.17) is 9.47 Å². The van der Waals surface area contributed by atoms with E-state index in [0.29, 0.717) is 19.1 Å². The Morgan fingerprint density at radius 3 is 2.38 bits per heavy atom. The number of piperidine rings is 1. The van der Waals surface area contributed by atoms with Crippen molar-refractivity contribution in [2.24, 2.45) is 5.92 Å². The first-order chi connectivity index (χ1) is 10.3. The fraction of sp³-hybridized carbons (Fsp3) is 0.941. The third-order valence-corrected chi connectivity index (χ3v) is 5.42. The monoisotopic (exact) mass is 295 g/mol. The van der Waals surface area contributed by atoms with Crippen LogP contribution >= 0.6 is 0 Å². The highest BCUT2D eigenvalue weighted by molar-refractivity contribution is 5.76. The summed E-state index contributed by atoms with van der Waals surface area (Å²) < 4.78 is 11.4. The maximum absolute atomic E-state index is 12.3. The molecule has 0 bridgehead atoms. The van der Waals surface area contributed by atoms with Crippen LogP contribution < -0.4 is 0 Å². The van der Waals surface area contributed by atoms with Gasteiger partial charge in [0.2, 0.25) is 5.91 Å². The molecule has 3 aliphatic rings. The largest absolute Gasteiger partial charge is 0.347 e. The summed E-state index contributed by atoms with van der Waals surface area (Å²) in [5.74, 6) is 0.855. The Morgan fingerprint density at radius 1 is 1.05 bits per heavy atom. The Balaban J connectivity index is 1.34. The number of rotatable bonds is 4. The Morgan fingerprint density at radius 2 is 1.71 bits per heavy atom. The van der Waals surface area contributed by atoms with Gasteiger partial charge in [-0.1, -0.05) is 32.1 Å². The Kier molecular flexibility index (Phi) is 5.17. The molecule has 4 heteroatoms. The number of amides is 1. The molecule has 0 N–H and O–H groups in total. The van der Waals surface area contributed by atoms with Gasteiger partial charge in [-0.25, -0.2) is 0 Å². The first-order valence-electron chi connectivity index (χ1n) is 8.83. The number of carbonyl (C=O) groups is 1. The lowest BCUT2D eigenvalue weighted by molar-refractivity contribution is -0.187. The van der Waals surface area contributed by atoms with E-state index >= 15 is 0 Å². The summed E-state index contributed by atoms with van der Waals surface area (Å²) in [5, 5.41) is 0. The highest BCUT2D eigenvalue weighted by Crippen LogP contribution is 2.32. The van der Waals surface area contributed by atoms with Gasteiger partial charge in [-0.15, -0.1) is 0 Å². The van der Waals surface area contributed by atoms with E-state index in [1.54, 1.807) is 0 Å². The molecule has 4 nitrogen and oxygen atoms in total. The van der Waals surface area contributed by atoms with Gasteiger partial charge in [0.05, 0.1) is 13.2 Å². The van der Waals surface area contributed by atoms with E-state index in [1.165, 1.54) is 38.5 Å². The van der Waals surface area contributed by atoms with E-state index in [-0.39, 0.29) is 5.79 Å². The van der Waals surface area contributed by atoms with E-state index < -0.39 is 0 Å². The van der Waals surface area contributed by atoms with Crippen molar-refractivity contribution in [1.82, 2.24) is 4.90 Å². The third-order valence-electron chi connectivity index (χ3n) is 5.42. The van der Waals surface area contributed by atoms with Gasteiger partial charge in [0.25, 0.3) is 0 Å². The fourth-order valence-corrected chi connectivity index (χ4v) is 4.06. The van der Waals surface area contributed by atoms with Crippen molar-refractivity contribution in [2.75, 3.05) is 26.3 Å². The quantitative estimate of drug-likeness (QED) is 0.800. The Labute approximate surface area is 128 Å². The van der Waals surface area contributed by atoms with Crippen molar-refractivity contribution in [3.05, 3.63) is 0 Å². The van der Waals surface area contributed by atoms with Gasteiger partial charge >= 0.3 is 0 Å². The predicted molar refractivity (Wildman–Crippen MR) is 80.9 cm³/mol. The molecule has 2 heterocycles. The molecule has 0 unspecified atom stereocenters. The van der Waals surface area contributed by atoms with Crippen LogP contribution in [0, 0.1) is 5.92 Å². The summed E-state index contributed by atoms with van der Waals surface area (Å²) in [6.45, 7) is 3.00. The van der Waals surface area contributed by atoms with E-state index in [1.807, 2.05) is 4.90 Å². The van der Waals surface area contributed by atoms with E-state index in [0.717, 1.165) is 44.7 Å². The zero-order chi connectivity index (χ0) is 14.5. The molecule has 3 fully saturated rings. The van der Waals surface area contributed by atoms with Crippen molar-refractivity contribution < 1.29 is 14.3 Å². The maximum atomic E-state index is 12.3. The summed E-state index contributed by atoms with van der Waals surface area (Å²) in [7, 11) is 0. The number of carbonyl (C=O) groups excluding carboxylic acids is 1. The number of nitrogens with zero attached hydrogens (tertiary/aromatic N) is 1. The molecule has 2 saturated heterocycles. The normalized spacial score (nSPS) is 26.4. The maximum Gasteiger partial charge on any atom is 0.222 e. The molecule has 0 aromatic rings. The first kappa shape index (κ1) is 15.3. The van der Waals surface area contributed by atoms with Crippen molar-refractivity contribution >= 4 is 5.91 Å². The topological polar surface area (TPSA) is 38.8 Å². The third kappa shape index (κ3) is 3.98. The average Bonchev–Trinajstić information content (AvgIpc) is 2.97. The van der Waals surface area contributed by atoms with Crippen molar-refractivity contribution in [3.8, 4) is 0 Å². The minimum absolute atomic E-state index is 0.332. The minimum atomic E-state index is -0.362. The second-order valence-corrected chi connectivity index (χ2v) is 6.88. The second kappa shape index (κ2) is 7.10. The summed E-state index contributed by atoms with van der Waals surface area (Å²) in [6.07, 6.45) is 11.7. The van der Waals surface area contributed by atoms with Crippen LogP contribution in [0.2, 0.25) is 0 Å². The van der Waals surface area contributed by atoms with Crippen molar-refractivity contribution in [1.29, 1.82) is 0 Å². The van der Waals surface area contributed by atoms with E-state index in [9.17, 15) is 4.79 Å². The molecule has 0 radical (unpaired) electrons. The van der Waals surface area contributed by atoms with Crippen LogP contribution in [0.15, 0.2) is 0 Å². The molecule has 1 aliphatic carbocycles. The summed E-state index contributed by atoms with van der Waals surface area (Å²) in [4.78, 5) is 14.3. The van der Waals surface area contributed by atoms with Crippen molar-refractivity contribution in [3.63, 3.8) is 0 Å². The molecular weight excluding hydrogens is 266 g/mol. The lowest BCUT2D eigenvalue weighted by Gasteiger charge is -2.37. The average molecular weight is 295 g/mol. The second-order valence-electron chi connectivity index (χ2n) is 6.88. The fourth-order valence-electron chi connectivity index (χ4n) is 4.06. The highest BCUT2D eigenvalue weighted by atomic mass is 16.7. The number of hydrogen-bond acceptors (Lipinski definition) is 3. The summed E-state index contributed by atoms with van der Waals surface area (Å²) >= 11 is 0. The molecule has 120 valence electrons. The molecule has 1 amide bonds. The lowest BCUT2D eigenvalue weighted by Crippen LogP contribution is -2.47. The van der Waals surface area contributed by atoms with Gasteiger partial charge < -0.3 is 14.4 Å². The number of ether oxygens (including phenoxy) is 2. The molecule has 1 saturated carbocycles. The molecule has 3 rings (SSSR count). The first-order valence-corrected chi connectivity index (χ1v) is 8.83. The molecule has 0 aromatic carbocycles. The Hall–Kier alpha value is -0.610. The molecule has 21 heavy (non-hydrogen) atoms. The van der Waals surface area contributed by atoms with Crippen LogP contribution in [0.4, 0.5) is 0 Å². The highest BCUT2D eigenvalue weighted by Gasteiger charge is 2.40. The molecule has 2 aliphatic heterocycles. The number of likely N-dealkylation sites (tertiary alicyclic amines) is 1. The van der Waals surface area contributed by atoms with Gasteiger partial charge in [-0.05, 0) is 18.8 Å². The van der Waals surface area contributed by atoms with Gasteiger partial charge in [-0.3, -0.25) is 4.79 Å². The van der Waals surface area contributed by atoms with Crippen LogP contribution in [0.25, 0.3) is 0 Å². The van der Waals surface area contributed by atoms with Crippen LogP contribution in [0.5, 0.6) is 0 Å². The molecule has 0 aromatic heterocycles. The minimum Gasteiger partial charge on any atom is -0.347 e. The van der Waals surface area contributed by atoms with Crippen LogP contribution in [0.1, 0.15) is 64.2 Å². The molecule has 1 spiro atoms. The standard InChI is InChI=1S/C17H29NO3/c19-16(8-4-7-15-5-2-1-3-6-15)18-11-9-17(10-12-18)20-13-14-21-17/h15H,1-14H2. The summed E-state index contributed by atoms with van der Waals surface area (Å²) in [5.41, 5.74) is 0. The van der Waals surface area contributed by atoms with Crippen LogP contribution in [-0.4, -0.2) is 42.9 Å². The SMILES string of the molecule is O=C(CCCC1CCCCC1)N1CCC2(CC1)OCCO2. The predicted octanol–water partition coefficient (Wildman–Crippen LogP) is 3.10. The number of hydrogen-bond donors (Lipinski definition) is 0. The lowest BCUT2D eigenvalue weighted by atomic mass is 9.86. The zero-order valence-electron chi connectivity index (χ0n) is 13.1. The zero-order valence-corrected chi connectivity index (χ0v) is 13.1. The summed E-state index contributed by atoms with van der Waals surface area (Å²) in [6, 6.07) is 0. The smallest absolute Gasteiger partial charge is 0.222 e. The van der Waals surface area contributed by atoms with Gasteiger partial charge in [0, 0.05) is 32.4 Å². The van der Waals surface area contributed by atoms with Gasteiger partial charge in [0.15, 0.2) is 5.79 Å². The van der Waals surface area contributed by atoms with Gasteiger partial charge in [0.1, 0.15) is 0 Å². The molecule has 0 atom stereocenters. The van der Waals surface area contributed by atoms with Crippen LogP contribution in [0.3, 0.4) is 0 Å². The van der Waals surface area contributed by atoms with Crippen molar-refractivity contribution in [2.45, 2.75) is 70.0 Å². The Bertz CT molecular complexity index is 336. The van der Waals surface area contributed by atoms with Gasteiger partial charge in [-0.2, -0.15) is 0 Å². The van der Waals surface area contributed by atoms with E-state index in [2.05, 4.69) is 0 Å². The molecular formula is C17H29NO3. The van der Waals surface area contributed by atoms with Crippen LogP contribution in [-0.2, 0) is 14.3 Å².